The van der Waals surface area contributed by atoms with E-state index in [2.05, 4.69) is 39.7 Å². The summed E-state index contributed by atoms with van der Waals surface area (Å²) in [7, 11) is -0.681. The fraction of sp³-hybridized carbons (Fsp3) is 0.625. The van der Waals surface area contributed by atoms with Gasteiger partial charge < -0.3 is 9.19 Å². The van der Waals surface area contributed by atoms with Crippen LogP contribution in [0.4, 0.5) is 5.69 Å². The van der Waals surface area contributed by atoms with Crippen molar-refractivity contribution >= 4 is 25.7 Å². The molecule has 21 heavy (non-hydrogen) atoms. The third-order valence-corrected chi connectivity index (χ3v) is 7.54. The van der Waals surface area contributed by atoms with E-state index < -0.39 is 8.45 Å². The van der Waals surface area contributed by atoms with Crippen LogP contribution >= 0.6 is 20.1 Å². The Morgan fingerprint density at radius 1 is 1.10 bits per heavy atom. The van der Waals surface area contributed by atoms with E-state index >= 15 is 0 Å². The summed E-state index contributed by atoms with van der Waals surface area (Å²) >= 11 is 6.44. The first-order valence-electron chi connectivity index (χ1n) is 8.03. The topological polar surface area (TPSA) is 15.7 Å². The molecule has 2 aliphatic heterocycles. The maximum Gasteiger partial charge on any atom is 0.218 e. The second kappa shape index (κ2) is 6.04. The van der Waals surface area contributed by atoms with Crippen molar-refractivity contribution in [1.29, 1.82) is 0 Å². The van der Waals surface area contributed by atoms with Gasteiger partial charge in [-0.15, -0.1) is 11.6 Å². The molecule has 5 heteroatoms. The van der Waals surface area contributed by atoms with Gasteiger partial charge in [0.15, 0.2) is 0 Å². The molecule has 0 spiro atoms. The lowest BCUT2D eigenvalue weighted by Crippen LogP contribution is -2.24. The molecule has 2 heterocycles. The Hall–Kier alpha value is -0.340. The molecule has 0 bridgehead atoms. The van der Waals surface area contributed by atoms with Gasteiger partial charge in [0.05, 0.1) is 11.5 Å². The van der Waals surface area contributed by atoms with Crippen molar-refractivity contribution in [2.75, 3.05) is 17.8 Å². The normalized spacial score (nSPS) is 36.3. The van der Waals surface area contributed by atoms with Crippen LogP contribution in [0.2, 0.25) is 0 Å². The maximum atomic E-state index is 6.55. The molecule has 1 aromatic rings. The Labute approximate surface area is 133 Å². The number of halogens is 1. The lowest BCUT2D eigenvalue weighted by molar-refractivity contribution is 0.220. The molecule has 3 aliphatic rings. The minimum Gasteiger partial charge on any atom is -0.322 e. The van der Waals surface area contributed by atoms with E-state index in [1.165, 1.54) is 31.5 Å². The van der Waals surface area contributed by atoms with Crippen molar-refractivity contribution in [2.24, 2.45) is 0 Å². The summed E-state index contributed by atoms with van der Waals surface area (Å²) in [5, 5.41) is 0.201. The van der Waals surface area contributed by atoms with Crippen molar-refractivity contribution < 1.29 is 4.52 Å². The van der Waals surface area contributed by atoms with E-state index in [-0.39, 0.29) is 11.5 Å². The standard InChI is InChI=1S/C16H22ClN2OP/c17-15-9-4-10-16(15)20-21-18-11-5-8-14(18)12-19(21)13-6-2-1-3-7-13/h1-3,6-7,14-16H,4-5,8-12H2. The molecule has 1 aliphatic carbocycles. The van der Waals surface area contributed by atoms with Gasteiger partial charge in [0, 0.05) is 24.8 Å². The quantitative estimate of drug-likeness (QED) is 0.606. The molecule has 0 radical (unpaired) electrons. The van der Waals surface area contributed by atoms with Crippen LogP contribution in [0.25, 0.3) is 0 Å². The van der Waals surface area contributed by atoms with Crippen molar-refractivity contribution in [3.63, 3.8) is 0 Å². The van der Waals surface area contributed by atoms with E-state index in [0.717, 1.165) is 19.4 Å². The average molecular weight is 325 g/mol. The number of fused-ring (bicyclic) bond motifs is 1. The number of para-hydroxylation sites is 1. The number of benzene rings is 1. The molecule has 4 rings (SSSR count). The lowest BCUT2D eigenvalue weighted by atomic mass is 10.2. The summed E-state index contributed by atoms with van der Waals surface area (Å²) in [6.07, 6.45) is 6.28. The number of hydrogen-bond acceptors (Lipinski definition) is 3. The first-order valence-corrected chi connectivity index (χ1v) is 9.63. The van der Waals surface area contributed by atoms with E-state index in [1.807, 2.05) is 0 Å². The second-order valence-electron chi connectivity index (χ2n) is 6.22. The highest BCUT2D eigenvalue weighted by molar-refractivity contribution is 7.52. The predicted molar refractivity (Wildman–Crippen MR) is 88.8 cm³/mol. The zero-order valence-electron chi connectivity index (χ0n) is 12.2. The largest absolute Gasteiger partial charge is 0.322 e. The first-order chi connectivity index (χ1) is 10.3. The Kier molecular flexibility index (Phi) is 4.10. The summed E-state index contributed by atoms with van der Waals surface area (Å²) in [5.41, 5.74) is 1.29. The van der Waals surface area contributed by atoms with Crippen molar-refractivity contribution in [1.82, 2.24) is 4.67 Å². The molecule has 3 nitrogen and oxygen atoms in total. The maximum absolute atomic E-state index is 6.55. The van der Waals surface area contributed by atoms with Gasteiger partial charge in [0.2, 0.25) is 8.45 Å². The molecule has 0 aromatic heterocycles. The highest BCUT2D eigenvalue weighted by Crippen LogP contribution is 2.58. The highest BCUT2D eigenvalue weighted by atomic mass is 35.5. The fourth-order valence-electron chi connectivity index (χ4n) is 3.68. The van der Waals surface area contributed by atoms with Gasteiger partial charge >= 0.3 is 0 Å². The third kappa shape index (κ3) is 2.70. The Morgan fingerprint density at radius 3 is 2.71 bits per heavy atom. The van der Waals surface area contributed by atoms with Crippen LogP contribution in [0.5, 0.6) is 0 Å². The molecule has 2 saturated heterocycles. The number of alkyl halides is 1. The lowest BCUT2D eigenvalue weighted by Gasteiger charge is -2.32. The summed E-state index contributed by atoms with van der Waals surface area (Å²) < 4.78 is 11.6. The van der Waals surface area contributed by atoms with Gasteiger partial charge in [-0.2, -0.15) is 0 Å². The van der Waals surface area contributed by atoms with Crippen LogP contribution in [0.1, 0.15) is 32.1 Å². The Balaban J connectivity index is 1.57. The van der Waals surface area contributed by atoms with Gasteiger partial charge in [-0.05, 0) is 44.2 Å². The van der Waals surface area contributed by atoms with Crippen LogP contribution in [0.15, 0.2) is 30.3 Å². The molecule has 0 amide bonds. The summed E-state index contributed by atoms with van der Waals surface area (Å²) in [6.45, 7) is 2.29. The molecule has 3 fully saturated rings. The third-order valence-electron chi connectivity index (χ3n) is 4.81. The van der Waals surface area contributed by atoms with E-state index in [1.54, 1.807) is 0 Å². The van der Waals surface area contributed by atoms with Gasteiger partial charge in [-0.3, -0.25) is 0 Å². The number of nitrogens with zero attached hydrogens (tertiary/aromatic N) is 2. The Bertz CT molecular complexity index is 488. The fourth-order valence-corrected chi connectivity index (χ4v) is 6.53. The minimum absolute atomic E-state index is 0.201. The summed E-state index contributed by atoms with van der Waals surface area (Å²) in [4.78, 5) is 0. The van der Waals surface area contributed by atoms with Gasteiger partial charge in [0.1, 0.15) is 0 Å². The molecule has 1 saturated carbocycles. The first kappa shape index (κ1) is 14.3. The SMILES string of the molecule is ClC1CCCC1OP1N(c2ccccc2)CC2CCCN21. The molecular formula is C16H22ClN2OP. The molecule has 4 atom stereocenters. The van der Waals surface area contributed by atoms with E-state index in [4.69, 9.17) is 16.1 Å². The molecule has 1 aromatic carbocycles. The van der Waals surface area contributed by atoms with E-state index in [9.17, 15) is 0 Å². The van der Waals surface area contributed by atoms with Crippen LogP contribution in [0.3, 0.4) is 0 Å². The van der Waals surface area contributed by atoms with Crippen molar-refractivity contribution in [2.45, 2.75) is 49.6 Å². The summed E-state index contributed by atoms with van der Waals surface area (Å²) in [6, 6.07) is 11.4. The zero-order chi connectivity index (χ0) is 14.2. The molecule has 4 unspecified atom stereocenters. The number of rotatable bonds is 3. The van der Waals surface area contributed by atoms with Crippen molar-refractivity contribution in [3.8, 4) is 0 Å². The highest BCUT2D eigenvalue weighted by Gasteiger charge is 2.46. The number of anilines is 1. The second-order valence-corrected chi connectivity index (χ2v) is 8.49. The average Bonchev–Trinajstić information content (AvgIpc) is 3.19. The van der Waals surface area contributed by atoms with Crippen LogP contribution in [-0.4, -0.2) is 35.3 Å². The van der Waals surface area contributed by atoms with Crippen LogP contribution in [0, 0.1) is 0 Å². The van der Waals surface area contributed by atoms with Gasteiger partial charge in [0.25, 0.3) is 0 Å². The van der Waals surface area contributed by atoms with Gasteiger partial charge in [-0.1, -0.05) is 18.2 Å². The summed E-state index contributed by atoms with van der Waals surface area (Å²) in [5.74, 6) is 0. The predicted octanol–water partition coefficient (Wildman–Crippen LogP) is 4.37. The smallest absolute Gasteiger partial charge is 0.218 e. The van der Waals surface area contributed by atoms with E-state index in [0.29, 0.717) is 6.04 Å². The monoisotopic (exact) mass is 324 g/mol. The Morgan fingerprint density at radius 2 is 1.95 bits per heavy atom. The van der Waals surface area contributed by atoms with Crippen LogP contribution in [-0.2, 0) is 4.52 Å². The molecular weight excluding hydrogens is 303 g/mol. The molecule has 114 valence electrons. The van der Waals surface area contributed by atoms with Crippen LogP contribution < -0.4 is 4.67 Å². The molecule has 0 N–H and O–H groups in total. The zero-order valence-corrected chi connectivity index (χ0v) is 13.8. The minimum atomic E-state index is -0.681. The van der Waals surface area contributed by atoms with Crippen molar-refractivity contribution in [3.05, 3.63) is 30.3 Å². The van der Waals surface area contributed by atoms with Gasteiger partial charge in [-0.25, -0.2) is 4.67 Å². The number of hydrogen-bond donors (Lipinski definition) is 0.